The highest BCUT2D eigenvalue weighted by molar-refractivity contribution is 7.92. The number of rotatable bonds is 16. The molecule has 2 aromatic carbocycles. The smallest absolute Gasteiger partial charge is 0.259 e. The van der Waals surface area contributed by atoms with Gasteiger partial charge in [0.1, 0.15) is 23.1 Å². The minimum Gasteiger partial charge on any atom is -0.370 e. The molecule has 0 aliphatic carbocycles. The normalized spacial score (nSPS) is 15.9. The maximum absolute atomic E-state index is 14.4. The third-order valence-corrected chi connectivity index (χ3v) is 13.2. The average Bonchev–Trinajstić information content (AvgIpc) is 3.67. The van der Waals surface area contributed by atoms with Crippen molar-refractivity contribution in [1.29, 1.82) is 0 Å². The molecule has 4 amide bonds. The average molecular weight is 801 g/mol. The number of anilines is 3. The van der Waals surface area contributed by atoms with Crippen LogP contribution in [0, 0.1) is 13.8 Å². The molecule has 304 valence electrons. The van der Waals surface area contributed by atoms with Crippen molar-refractivity contribution in [3.63, 3.8) is 0 Å². The van der Waals surface area contributed by atoms with Crippen LogP contribution in [0.4, 0.5) is 17.3 Å². The summed E-state index contributed by atoms with van der Waals surface area (Å²) in [5.41, 5.74) is 3.02. The Bertz CT molecular complexity index is 2300. The number of sulfone groups is 1. The van der Waals surface area contributed by atoms with Gasteiger partial charge < -0.3 is 15.1 Å². The number of hydroxylamine groups is 1. The van der Waals surface area contributed by atoms with Crippen LogP contribution in [0.5, 0.6) is 5.75 Å². The van der Waals surface area contributed by atoms with E-state index in [1.165, 1.54) is 36.2 Å². The van der Waals surface area contributed by atoms with Crippen molar-refractivity contribution in [2.24, 2.45) is 0 Å². The number of aromatic nitrogens is 4. The van der Waals surface area contributed by atoms with Gasteiger partial charge in [0.05, 0.1) is 16.0 Å². The van der Waals surface area contributed by atoms with Gasteiger partial charge in [-0.15, -0.1) is 5.06 Å². The van der Waals surface area contributed by atoms with Crippen LogP contribution in [0.3, 0.4) is 0 Å². The van der Waals surface area contributed by atoms with Crippen LogP contribution < -0.4 is 20.5 Å². The summed E-state index contributed by atoms with van der Waals surface area (Å²) < 4.78 is 27.5. The van der Waals surface area contributed by atoms with Crippen LogP contribution in [0.25, 0.3) is 10.9 Å². The van der Waals surface area contributed by atoms with Crippen molar-refractivity contribution >= 4 is 61.7 Å². The molecule has 16 heteroatoms. The van der Waals surface area contributed by atoms with Gasteiger partial charge in [-0.3, -0.25) is 29.6 Å². The molecule has 0 saturated carbocycles. The molecule has 1 fully saturated rings. The first kappa shape index (κ1) is 41.3. The van der Waals surface area contributed by atoms with Crippen molar-refractivity contribution in [3.8, 4) is 5.75 Å². The van der Waals surface area contributed by atoms with Gasteiger partial charge in [0.25, 0.3) is 11.8 Å². The van der Waals surface area contributed by atoms with E-state index >= 15 is 0 Å². The number of piperidine rings is 1. The molecular formula is C41H52N8O7S. The third-order valence-electron chi connectivity index (χ3n) is 10.7. The largest absolute Gasteiger partial charge is 0.370 e. The number of aryl methyl sites for hydroxylation is 1. The number of unbranched alkanes of at least 4 members (excludes halogenated alkanes) is 7. The minimum absolute atomic E-state index is 0.0271. The first-order valence-corrected chi connectivity index (χ1v) is 21.2. The molecule has 4 heterocycles. The predicted octanol–water partition coefficient (Wildman–Crippen LogP) is 6.90. The van der Waals surface area contributed by atoms with E-state index in [4.69, 9.17) is 4.84 Å². The zero-order valence-electron chi connectivity index (χ0n) is 33.5. The van der Waals surface area contributed by atoms with Crippen molar-refractivity contribution in [3.05, 3.63) is 59.0 Å². The van der Waals surface area contributed by atoms with Crippen LogP contribution in [0.2, 0.25) is 0 Å². The Kier molecular flexibility index (Phi) is 12.3. The number of nitrogens with one attached hydrogen (secondary N) is 3. The van der Waals surface area contributed by atoms with Gasteiger partial charge in [-0.1, -0.05) is 57.9 Å². The minimum atomic E-state index is -4.14. The first-order chi connectivity index (χ1) is 27.1. The van der Waals surface area contributed by atoms with Crippen LogP contribution in [0.15, 0.2) is 41.6 Å². The maximum atomic E-state index is 14.4. The Morgan fingerprint density at radius 3 is 2.39 bits per heavy atom. The topological polar surface area (TPSA) is 197 Å². The zero-order valence-corrected chi connectivity index (χ0v) is 34.3. The number of hydrogen-bond acceptors (Lipinski definition) is 11. The summed E-state index contributed by atoms with van der Waals surface area (Å²) >= 11 is 0. The van der Waals surface area contributed by atoms with E-state index in [9.17, 15) is 27.6 Å². The lowest BCUT2D eigenvalue weighted by atomic mass is 10.0. The van der Waals surface area contributed by atoms with E-state index in [1.807, 2.05) is 13.8 Å². The fourth-order valence-corrected chi connectivity index (χ4v) is 8.39. The number of benzene rings is 2. The number of fused-ring (bicyclic) bond motifs is 2. The molecule has 2 aliphatic rings. The molecular weight excluding hydrogens is 749 g/mol. The lowest BCUT2D eigenvalue weighted by Gasteiger charge is -2.30. The summed E-state index contributed by atoms with van der Waals surface area (Å²) in [6.45, 7) is 10.7. The number of H-pyrrole nitrogens is 1. The van der Waals surface area contributed by atoms with E-state index in [1.54, 1.807) is 39.0 Å². The van der Waals surface area contributed by atoms with Gasteiger partial charge in [-0.25, -0.2) is 18.4 Å². The summed E-state index contributed by atoms with van der Waals surface area (Å²) in [5.74, 6) is -1.11. The maximum Gasteiger partial charge on any atom is 0.259 e. The van der Waals surface area contributed by atoms with E-state index in [0.717, 1.165) is 48.4 Å². The fourth-order valence-electron chi connectivity index (χ4n) is 7.10. The van der Waals surface area contributed by atoms with Crippen molar-refractivity contribution in [2.75, 3.05) is 10.4 Å². The van der Waals surface area contributed by atoms with Gasteiger partial charge in [0, 0.05) is 53.2 Å². The SMILES string of the molecule is CCCCCCCCCCC(=O)N(Oc1cc2ncnc(Nc3n[nH]c(C)c3C)c2cc1S(=O)(=O)C(C)(C)C)c1cccc2c1CN(C1CCC(=O)NC1=O)C2=O. The second-order valence-electron chi connectivity index (χ2n) is 15.8. The molecule has 0 bridgehead atoms. The molecule has 1 unspecified atom stereocenters. The summed E-state index contributed by atoms with van der Waals surface area (Å²) in [6, 6.07) is 6.93. The predicted molar refractivity (Wildman–Crippen MR) is 216 cm³/mol. The van der Waals surface area contributed by atoms with Gasteiger partial charge >= 0.3 is 0 Å². The molecule has 1 saturated heterocycles. The Labute approximate surface area is 333 Å². The second-order valence-corrected chi connectivity index (χ2v) is 18.5. The Hall–Kier alpha value is -5.38. The highest BCUT2D eigenvalue weighted by Gasteiger charge is 2.42. The van der Waals surface area contributed by atoms with E-state index in [0.29, 0.717) is 34.5 Å². The molecule has 2 aromatic heterocycles. The number of aromatic amines is 1. The Morgan fingerprint density at radius 2 is 1.72 bits per heavy atom. The van der Waals surface area contributed by atoms with E-state index < -0.39 is 44.3 Å². The quantitative estimate of drug-likeness (QED) is 0.0605. The molecule has 6 rings (SSSR count). The highest BCUT2D eigenvalue weighted by Crippen LogP contribution is 2.40. The molecule has 3 N–H and O–H groups in total. The lowest BCUT2D eigenvalue weighted by Crippen LogP contribution is -2.52. The van der Waals surface area contributed by atoms with Crippen molar-refractivity contribution in [1.82, 2.24) is 30.4 Å². The number of hydrogen-bond donors (Lipinski definition) is 3. The van der Waals surface area contributed by atoms with E-state index in [-0.39, 0.29) is 47.7 Å². The van der Waals surface area contributed by atoms with Gasteiger partial charge in [0.2, 0.25) is 11.8 Å². The van der Waals surface area contributed by atoms with Crippen molar-refractivity contribution in [2.45, 2.75) is 134 Å². The number of imide groups is 1. The Morgan fingerprint density at radius 1 is 1.00 bits per heavy atom. The van der Waals surface area contributed by atoms with Gasteiger partial charge in [-0.05, 0) is 65.7 Å². The summed E-state index contributed by atoms with van der Waals surface area (Å²) in [5, 5.41) is 14.2. The number of amides is 4. The number of nitrogens with zero attached hydrogens (tertiary/aromatic N) is 5. The van der Waals surface area contributed by atoms with Crippen LogP contribution in [-0.4, -0.2) is 67.9 Å². The molecule has 57 heavy (non-hydrogen) atoms. The summed E-state index contributed by atoms with van der Waals surface area (Å²) in [6.07, 6.45) is 9.81. The highest BCUT2D eigenvalue weighted by atomic mass is 32.2. The molecule has 2 aliphatic heterocycles. The standard InChI is InChI=1S/C41H52N8O7S/c1-7-8-9-10-11-12-13-14-18-36(51)49(31-17-15-16-27-29(31)23-48(40(27)53)32-19-20-35(50)44-39(32)52)56-33-22-30-28(21-34(33)57(54,55)41(4,5)6)38(43-24-42-30)45-37-25(2)26(3)46-47-37/h15-17,21-22,24,32H,7-14,18-20,23H2,1-6H3,(H,44,50,52)(H2,42,43,45,46,47). The molecule has 0 radical (unpaired) electrons. The number of carbonyl (C=O) groups is 4. The van der Waals surface area contributed by atoms with Crippen LogP contribution in [0.1, 0.15) is 126 Å². The van der Waals surface area contributed by atoms with Crippen LogP contribution in [-0.2, 0) is 30.8 Å². The fraction of sp³-hybridized carbons (Fsp3) is 0.488. The molecule has 0 spiro atoms. The molecule has 15 nitrogen and oxygen atoms in total. The van der Waals surface area contributed by atoms with Gasteiger partial charge in [0.15, 0.2) is 21.4 Å². The van der Waals surface area contributed by atoms with Gasteiger partial charge in [-0.2, -0.15) is 5.10 Å². The third kappa shape index (κ3) is 8.65. The molecule has 4 aromatic rings. The van der Waals surface area contributed by atoms with Crippen molar-refractivity contribution < 1.29 is 32.4 Å². The monoisotopic (exact) mass is 800 g/mol. The second kappa shape index (κ2) is 17.0. The van der Waals surface area contributed by atoms with E-state index in [2.05, 4.69) is 37.7 Å². The van der Waals surface area contributed by atoms with Crippen LogP contribution >= 0.6 is 0 Å². The zero-order chi connectivity index (χ0) is 41.1. The summed E-state index contributed by atoms with van der Waals surface area (Å²) in [7, 11) is -4.14. The Balaban J connectivity index is 1.41. The molecule has 1 atom stereocenters. The lowest BCUT2D eigenvalue weighted by molar-refractivity contribution is -0.137. The first-order valence-electron chi connectivity index (χ1n) is 19.7. The number of carbonyl (C=O) groups excluding carboxylic acids is 4. The summed E-state index contributed by atoms with van der Waals surface area (Å²) in [4.78, 5) is 69.6.